The summed E-state index contributed by atoms with van der Waals surface area (Å²) in [6.07, 6.45) is 5.54. The normalized spacial score (nSPS) is 20.3. The molecule has 0 spiro atoms. The van der Waals surface area contributed by atoms with Crippen molar-refractivity contribution in [1.82, 2.24) is 36.9 Å². The van der Waals surface area contributed by atoms with Crippen LogP contribution in [0.3, 0.4) is 0 Å². The summed E-state index contributed by atoms with van der Waals surface area (Å²) in [4.78, 5) is 94.5. The first-order valence-corrected chi connectivity index (χ1v) is 23.0. The molecule has 5 amide bonds. The molecule has 2 fully saturated rings. The average molecular weight is 902 g/mol. The van der Waals surface area contributed by atoms with E-state index in [9.17, 15) is 43.8 Å². The Kier molecular flexibility index (Phi) is 19.7. The van der Waals surface area contributed by atoms with Crippen LogP contribution in [-0.2, 0) is 46.4 Å². The van der Waals surface area contributed by atoms with Gasteiger partial charge in [0.1, 0.15) is 0 Å². The van der Waals surface area contributed by atoms with Gasteiger partial charge in [-0.05, 0) is 81.6 Å². The number of aliphatic carboxylic acids is 2. The molecular weight excluding hydrogens is 835 g/mol. The first-order valence-electron chi connectivity index (χ1n) is 23.0. The number of para-hydroxylation sites is 1. The van der Waals surface area contributed by atoms with Gasteiger partial charge in [0.15, 0.2) is 0 Å². The fourth-order valence-electron chi connectivity index (χ4n) is 9.05. The Hall–Kier alpha value is -5.85. The summed E-state index contributed by atoms with van der Waals surface area (Å²) in [5.74, 6) is -5.12. The van der Waals surface area contributed by atoms with Gasteiger partial charge in [0.2, 0.25) is 29.5 Å². The lowest BCUT2D eigenvalue weighted by Gasteiger charge is -2.33. The largest absolute Gasteiger partial charge is 0.481 e. The number of benzene rings is 2. The topological polar surface area (TPSA) is 300 Å². The van der Waals surface area contributed by atoms with Gasteiger partial charge in [-0.2, -0.15) is 0 Å². The second-order valence-electron chi connectivity index (χ2n) is 17.6. The number of piperidine rings is 1. The first-order chi connectivity index (χ1) is 31.3. The van der Waals surface area contributed by atoms with E-state index in [0.717, 1.165) is 41.4 Å². The van der Waals surface area contributed by atoms with Crippen molar-refractivity contribution in [3.63, 3.8) is 0 Å². The summed E-state index contributed by atoms with van der Waals surface area (Å²) in [7, 11) is 0. The molecule has 1 aromatic heterocycles. The third kappa shape index (κ3) is 16.6. The number of carboxylic acids is 2. The number of rotatable bonds is 25. The Balaban J connectivity index is 1.24. The number of H-pyrrole nitrogens is 1. The zero-order valence-corrected chi connectivity index (χ0v) is 37.0. The molecule has 2 aliphatic rings. The van der Waals surface area contributed by atoms with Crippen LogP contribution in [0, 0.1) is 11.8 Å². The number of aromatic nitrogens is 1. The predicted octanol–water partition coefficient (Wildman–Crippen LogP) is 1.75. The smallest absolute Gasteiger partial charge is 0.305 e. The number of amides is 5. The fourth-order valence-corrected chi connectivity index (χ4v) is 9.05. The van der Waals surface area contributed by atoms with Crippen molar-refractivity contribution in [2.24, 2.45) is 23.3 Å². The minimum absolute atomic E-state index is 0.0259. The number of fused-ring (bicyclic) bond motifs is 1. The van der Waals surface area contributed by atoms with Crippen LogP contribution in [0.2, 0.25) is 0 Å². The molecule has 65 heavy (non-hydrogen) atoms. The summed E-state index contributed by atoms with van der Waals surface area (Å²) in [5.41, 5.74) is 14.8. The van der Waals surface area contributed by atoms with Crippen LogP contribution in [0.25, 0.3) is 10.9 Å². The fraction of sp³-hybridized carbons (Fsp3) is 0.553. The van der Waals surface area contributed by atoms with Gasteiger partial charge >= 0.3 is 11.9 Å². The lowest BCUT2D eigenvalue weighted by molar-refractivity contribution is -0.140. The zero-order valence-electron chi connectivity index (χ0n) is 37.0. The maximum atomic E-state index is 14.2. The molecule has 1 aliphatic heterocycles. The lowest BCUT2D eigenvalue weighted by Crippen LogP contribution is -2.54. The standard InChI is InChI=1S/C47H67N9O9/c48-19-8-11-31(52-41(57)24-33(21-29-9-2-1-3-10-29)54-47(65)37-28-50-20-18-38(37)49)23-43(59)56-40-15-7-5-13-36(40)46(64)55-34(22-30-27-51-39-14-6-4-12-35(30)39)25-42(58)53-32(26-45(62)63)16-17-44(60)61/h1-4,6,9-10,12,14,27,31-34,36-38,40,50-51H,5,7-8,11,13,15-26,28,48-49H2,(H,52,57)(H,53,58)(H,54,65)(H,55,64)(H,56,59)(H,60,61)(H,62,63)/t31-,32-,33-,34-,36+,37+,38+,40+/m0/s1. The van der Waals surface area contributed by atoms with Gasteiger partial charge in [0.25, 0.3) is 0 Å². The van der Waals surface area contributed by atoms with Gasteiger partial charge in [-0.3, -0.25) is 33.6 Å². The summed E-state index contributed by atoms with van der Waals surface area (Å²) in [6.45, 7) is 1.54. The average Bonchev–Trinajstić information content (AvgIpc) is 3.67. The van der Waals surface area contributed by atoms with Gasteiger partial charge in [0.05, 0.1) is 18.3 Å². The second-order valence-corrected chi connectivity index (χ2v) is 17.6. The number of nitrogens with two attached hydrogens (primary N) is 2. The Morgan fingerprint density at radius 1 is 0.677 bits per heavy atom. The van der Waals surface area contributed by atoms with E-state index in [1.807, 2.05) is 60.8 Å². The molecule has 18 heteroatoms. The van der Waals surface area contributed by atoms with Crippen LogP contribution >= 0.6 is 0 Å². The maximum Gasteiger partial charge on any atom is 0.305 e. The Bertz CT molecular complexity index is 2060. The molecule has 5 rings (SSSR count). The quantitative estimate of drug-likeness (QED) is 0.0580. The van der Waals surface area contributed by atoms with Crippen molar-refractivity contribution in [3.05, 3.63) is 71.9 Å². The Labute approximate surface area is 379 Å². The molecular formula is C47H67N9O9. The van der Waals surface area contributed by atoms with Gasteiger partial charge < -0.3 is 58.6 Å². The molecule has 3 aromatic rings. The third-order valence-electron chi connectivity index (χ3n) is 12.4. The summed E-state index contributed by atoms with van der Waals surface area (Å²) < 4.78 is 0. The minimum Gasteiger partial charge on any atom is -0.481 e. The van der Waals surface area contributed by atoms with E-state index in [1.165, 1.54) is 0 Å². The molecule has 0 bridgehead atoms. The number of hydrogen-bond donors (Lipinski definition) is 11. The van der Waals surface area contributed by atoms with Crippen molar-refractivity contribution in [1.29, 1.82) is 0 Å². The Morgan fingerprint density at radius 2 is 1.31 bits per heavy atom. The number of carbonyl (C=O) groups excluding carboxylic acids is 5. The molecule has 1 saturated carbocycles. The number of hydrogen-bond acceptors (Lipinski definition) is 10. The van der Waals surface area contributed by atoms with Crippen molar-refractivity contribution in [3.8, 4) is 0 Å². The molecule has 0 unspecified atom stereocenters. The highest BCUT2D eigenvalue weighted by Crippen LogP contribution is 2.26. The van der Waals surface area contributed by atoms with Gasteiger partial charge in [-0.1, -0.05) is 61.4 Å². The van der Waals surface area contributed by atoms with Gasteiger partial charge in [0, 0.05) is 85.6 Å². The molecule has 1 aliphatic carbocycles. The maximum absolute atomic E-state index is 14.2. The zero-order chi connectivity index (χ0) is 46.7. The number of carbonyl (C=O) groups is 7. The summed E-state index contributed by atoms with van der Waals surface area (Å²) in [5, 5.41) is 37.6. The van der Waals surface area contributed by atoms with Crippen LogP contribution in [0.1, 0.15) is 94.6 Å². The van der Waals surface area contributed by atoms with Crippen molar-refractivity contribution < 1.29 is 43.8 Å². The summed E-state index contributed by atoms with van der Waals surface area (Å²) >= 11 is 0. The van der Waals surface area contributed by atoms with E-state index < -0.39 is 66.3 Å². The van der Waals surface area contributed by atoms with Crippen LogP contribution in [-0.4, -0.2) is 113 Å². The molecule has 18 nitrogen and oxygen atoms in total. The number of nitrogens with one attached hydrogen (secondary N) is 7. The Morgan fingerprint density at radius 3 is 1.98 bits per heavy atom. The van der Waals surface area contributed by atoms with E-state index in [1.54, 1.807) is 0 Å². The molecule has 1 saturated heterocycles. The van der Waals surface area contributed by atoms with Crippen molar-refractivity contribution in [2.75, 3.05) is 19.6 Å². The highest BCUT2D eigenvalue weighted by molar-refractivity contribution is 5.86. The lowest BCUT2D eigenvalue weighted by atomic mass is 9.83. The molecule has 0 radical (unpaired) electrons. The van der Waals surface area contributed by atoms with Crippen LogP contribution < -0.4 is 43.4 Å². The van der Waals surface area contributed by atoms with E-state index in [-0.39, 0.29) is 68.2 Å². The van der Waals surface area contributed by atoms with Crippen molar-refractivity contribution >= 4 is 52.4 Å². The van der Waals surface area contributed by atoms with Crippen LogP contribution in [0.4, 0.5) is 0 Å². The van der Waals surface area contributed by atoms with E-state index in [0.29, 0.717) is 51.6 Å². The molecule has 8 atom stereocenters. The minimum atomic E-state index is -1.19. The van der Waals surface area contributed by atoms with Crippen LogP contribution in [0.15, 0.2) is 60.8 Å². The molecule has 354 valence electrons. The van der Waals surface area contributed by atoms with E-state index in [4.69, 9.17) is 11.5 Å². The van der Waals surface area contributed by atoms with Gasteiger partial charge in [-0.25, -0.2) is 0 Å². The van der Waals surface area contributed by atoms with Gasteiger partial charge in [-0.15, -0.1) is 0 Å². The SMILES string of the molecule is NCCC[C@@H](CC(=O)N[C@@H]1CCCC[C@H]1C(=O)N[C@H](CC(=O)N[C@@H](CCC(=O)O)CC(=O)O)Cc1c[nH]c2ccccc12)NC(=O)C[C@H](Cc1ccccc1)NC(=O)[C@@H]1CNCC[C@H]1N. The summed E-state index contributed by atoms with van der Waals surface area (Å²) in [6, 6.07) is 13.6. The predicted molar refractivity (Wildman–Crippen MR) is 244 cm³/mol. The first kappa shape index (κ1) is 50.2. The monoisotopic (exact) mass is 902 g/mol. The molecule has 2 aromatic carbocycles. The highest BCUT2D eigenvalue weighted by atomic mass is 16.4. The van der Waals surface area contributed by atoms with Crippen molar-refractivity contribution in [2.45, 2.75) is 133 Å². The van der Waals surface area contributed by atoms with E-state index >= 15 is 0 Å². The molecule has 2 heterocycles. The number of carboxylic acid groups (broad SMARTS) is 2. The highest BCUT2D eigenvalue weighted by Gasteiger charge is 2.35. The van der Waals surface area contributed by atoms with Crippen LogP contribution in [0.5, 0.6) is 0 Å². The number of aromatic amines is 1. The van der Waals surface area contributed by atoms with E-state index in [2.05, 4.69) is 36.9 Å². The molecule has 13 N–H and O–H groups in total. The second kappa shape index (κ2) is 25.6. The third-order valence-corrected chi connectivity index (χ3v) is 12.4.